The topological polar surface area (TPSA) is 29.5 Å². The van der Waals surface area contributed by atoms with E-state index in [0.717, 1.165) is 38.6 Å². The van der Waals surface area contributed by atoms with Gasteiger partial charge in [-0.3, -0.25) is 9.69 Å². The zero-order valence-electron chi connectivity index (χ0n) is 9.58. The zero-order chi connectivity index (χ0) is 10.7. The first-order chi connectivity index (χ1) is 7.27. The minimum Gasteiger partial charge on any atom is -0.381 e. The summed E-state index contributed by atoms with van der Waals surface area (Å²) < 4.78 is 5.35. The third-order valence-corrected chi connectivity index (χ3v) is 3.67. The molecule has 0 radical (unpaired) electrons. The second-order valence-corrected chi connectivity index (χ2v) is 4.82. The molecule has 0 spiro atoms. The van der Waals surface area contributed by atoms with Gasteiger partial charge in [-0.25, -0.2) is 0 Å². The van der Waals surface area contributed by atoms with Crippen LogP contribution in [-0.2, 0) is 9.53 Å². The molecule has 3 heteroatoms. The van der Waals surface area contributed by atoms with Crippen molar-refractivity contribution in [1.29, 1.82) is 0 Å². The summed E-state index contributed by atoms with van der Waals surface area (Å²) in [5.41, 5.74) is 0. The van der Waals surface area contributed by atoms with Crippen LogP contribution in [0, 0.1) is 5.92 Å². The van der Waals surface area contributed by atoms with Crippen molar-refractivity contribution in [2.75, 3.05) is 26.3 Å². The summed E-state index contributed by atoms with van der Waals surface area (Å²) >= 11 is 0. The molecule has 2 saturated heterocycles. The van der Waals surface area contributed by atoms with Crippen LogP contribution in [0.1, 0.15) is 32.6 Å². The van der Waals surface area contributed by atoms with Gasteiger partial charge in [-0.1, -0.05) is 0 Å². The number of hydrogen-bond donors (Lipinski definition) is 0. The molecule has 0 amide bonds. The third-order valence-electron chi connectivity index (χ3n) is 3.67. The zero-order valence-corrected chi connectivity index (χ0v) is 9.58. The number of hydrogen-bond acceptors (Lipinski definition) is 3. The SMILES string of the molecule is CC(=O)[C@@H]1CCCN1CC1CCOCC1. The number of carbonyl (C=O) groups excluding carboxylic acids is 1. The summed E-state index contributed by atoms with van der Waals surface area (Å²) in [6.45, 7) is 5.76. The van der Waals surface area contributed by atoms with Crippen molar-refractivity contribution in [2.45, 2.75) is 38.6 Å². The fourth-order valence-electron chi connectivity index (χ4n) is 2.77. The van der Waals surface area contributed by atoms with Crippen molar-refractivity contribution in [2.24, 2.45) is 5.92 Å². The Labute approximate surface area is 91.8 Å². The molecule has 2 aliphatic rings. The second-order valence-electron chi connectivity index (χ2n) is 4.82. The molecule has 3 nitrogen and oxygen atoms in total. The molecular weight excluding hydrogens is 190 g/mol. The highest BCUT2D eigenvalue weighted by Crippen LogP contribution is 2.23. The standard InChI is InChI=1S/C12H21NO2/c1-10(14)12-3-2-6-13(12)9-11-4-7-15-8-5-11/h11-12H,2-9H2,1H3/t12-/m0/s1. The molecule has 15 heavy (non-hydrogen) atoms. The highest BCUT2D eigenvalue weighted by Gasteiger charge is 2.30. The molecule has 0 aliphatic carbocycles. The van der Waals surface area contributed by atoms with E-state index in [-0.39, 0.29) is 6.04 Å². The van der Waals surface area contributed by atoms with Crippen LogP contribution in [0.25, 0.3) is 0 Å². The van der Waals surface area contributed by atoms with E-state index in [1.165, 1.54) is 19.3 Å². The fourth-order valence-corrected chi connectivity index (χ4v) is 2.77. The van der Waals surface area contributed by atoms with Gasteiger partial charge in [0.15, 0.2) is 0 Å². The molecule has 0 unspecified atom stereocenters. The first-order valence-corrected chi connectivity index (χ1v) is 6.09. The van der Waals surface area contributed by atoms with Crippen molar-refractivity contribution in [3.63, 3.8) is 0 Å². The van der Waals surface area contributed by atoms with Gasteiger partial charge in [0.1, 0.15) is 5.78 Å². The quantitative estimate of drug-likeness (QED) is 0.708. The molecular formula is C12H21NO2. The summed E-state index contributed by atoms with van der Waals surface area (Å²) in [6.07, 6.45) is 4.59. The average molecular weight is 211 g/mol. The van der Waals surface area contributed by atoms with E-state index in [0.29, 0.717) is 5.78 Å². The molecule has 86 valence electrons. The maximum Gasteiger partial charge on any atom is 0.146 e. The maximum absolute atomic E-state index is 11.4. The lowest BCUT2D eigenvalue weighted by Gasteiger charge is -2.29. The van der Waals surface area contributed by atoms with E-state index in [9.17, 15) is 4.79 Å². The number of nitrogens with zero attached hydrogens (tertiary/aromatic N) is 1. The molecule has 2 heterocycles. The summed E-state index contributed by atoms with van der Waals surface area (Å²) in [7, 11) is 0. The number of ether oxygens (including phenoxy) is 1. The summed E-state index contributed by atoms with van der Waals surface area (Å²) in [6, 6.07) is 0.216. The van der Waals surface area contributed by atoms with Gasteiger partial charge in [-0.2, -0.15) is 0 Å². The summed E-state index contributed by atoms with van der Waals surface area (Å²) in [5, 5.41) is 0. The van der Waals surface area contributed by atoms with E-state index < -0.39 is 0 Å². The predicted octanol–water partition coefficient (Wildman–Crippen LogP) is 1.47. The monoisotopic (exact) mass is 211 g/mol. The van der Waals surface area contributed by atoms with Crippen LogP contribution in [0.3, 0.4) is 0 Å². The number of Topliss-reactive ketones (excluding diaryl/α,β-unsaturated/α-hetero) is 1. The van der Waals surface area contributed by atoms with E-state index in [1.807, 2.05) is 0 Å². The van der Waals surface area contributed by atoms with Gasteiger partial charge >= 0.3 is 0 Å². The molecule has 0 aromatic rings. The molecule has 2 rings (SSSR count). The number of ketones is 1. The van der Waals surface area contributed by atoms with Gasteiger partial charge in [0, 0.05) is 19.8 Å². The molecule has 2 fully saturated rings. The smallest absolute Gasteiger partial charge is 0.146 e. The first-order valence-electron chi connectivity index (χ1n) is 6.09. The van der Waals surface area contributed by atoms with Gasteiger partial charge in [-0.15, -0.1) is 0 Å². The van der Waals surface area contributed by atoms with Crippen LogP contribution in [-0.4, -0.2) is 43.0 Å². The number of rotatable bonds is 3. The Kier molecular flexibility index (Phi) is 3.76. The molecule has 0 aromatic heterocycles. The Balaban J connectivity index is 1.84. The molecule has 0 bridgehead atoms. The largest absolute Gasteiger partial charge is 0.381 e. The Morgan fingerprint density at radius 3 is 2.73 bits per heavy atom. The van der Waals surface area contributed by atoms with Crippen molar-refractivity contribution in [1.82, 2.24) is 4.90 Å². The van der Waals surface area contributed by atoms with Crippen molar-refractivity contribution < 1.29 is 9.53 Å². The van der Waals surface area contributed by atoms with Crippen molar-refractivity contribution >= 4 is 5.78 Å². The van der Waals surface area contributed by atoms with E-state index in [2.05, 4.69) is 4.90 Å². The fraction of sp³-hybridized carbons (Fsp3) is 0.917. The maximum atomic E-state index is 11.4. The van der Waals surface area contributed by atoms with E-state index in [4.69, 9.17) is 4.74 Å². The minimum absolute atomic E-state index is 0.216. The van der Waals surface area contributed by atoms with Gasteiger partial charge in [0.25, 0.3) is 0 Å². The van der Waals surface area contributed by atoms with Crippen molar-refractivity contribution in [3.8, 4) is 0 Å². The van der Waals surface area contributed by atoms with Crippen LogP contribution in [0.5, 0.6) is 0 Å². The Hall–Kier alpha value is -0.410. The second kappa shape index (κ2) is 5.08. The highest BCUT2D eigenvalue weighted by atomic mass is 16.5. The number of likely N-dealkylation sites (tertiary alicyclic amines) is 1. The summed E-state index contributed by atoms with van der Waals surface area (Å²) in [5.74, 6) is 1.10. The molecule has 2 aliphatic heterocycles. The highest BCUT2D eigenvalue weighted by molar-refractivity contribution is 5.81. The first kappa shape index (κ1) is 11.1. The number of carbonyl (C=O) groups is 1. The summed E-state index contributed by atoms with van der Waals surface area (Å²) in [4.78, 5) is 13.8. The average Bonchev–Trinajstić information content (AvgIpc) is 2.67. The lowest BCUT2D eigenvalue weighted by molar-refractivity contribution is -0.121. The van der Waals surface area contributed by atoms with Gasteiger partial charge in [0.05, 0.1) is 6.04 Å². The molecule has 0 saturated carbocycles. The lowest BCUT2D eigenvalue weighted by atomic mass is 9.99. The lowest BCUT2D eigenvalue weighted by Crippen LogP contribution is -2.39. The predicted molar refractivity (Wildman–Crippen MR) is 58.8 cm³/mol. The van der Waals surface area contributed by atoms with Gasteiger partial charge in [0.2, 0.25) is 0 Å². The molecule has 0 aromatic carbocycles. The van der Waals surface area contributed by atoms with Crippen LogP contribution < -0.4 is 0 Å². The normalized spacial score (nSPS) is 29.5. The van der Waals surface area contributed by atoms with Gasteiger partial charge in [-0.05, 0) is 45.1 Å². The molecule has 0 N–H and O–H groups in total. The van der Waals surface area contributed by atoms with Crippen LogP contribution in [0.2, 0.25) is 0 Å². The minimum atomic E-state index is 0.216. The Morgan fingerprint density at radius 2 is 2.07 bits per heavy atom. The van der Waals surface area contributed by atoms with Crippen LogP contribution >= 0.6 is 0 Å². The van der Waals surface area contributed by atoms with Crippen LogP contribution in [0.15, 0.2) is 0 Å². The third kappa shape index (κ3) is 2.79. The van der Waals surface area contributed by atoms with Gasteiger partial charge < -0.3 is 4.74 Å². The Morgan fingerprint density at radius 1 is 1.33 bits per heavy atom. The van der Waals surface area contributed by atoms with E-state index in [1.54, 1.807) is 6.92 Å². The van der Waals surface area contributed by atoms with E-state index >= 15 is 0 Å². The van der Waals surface area contributed by atoms with Crippen LogP contribution in [0.4, 0.5) is 0 Å². The molecule has 1 atom stereocenters. The Bertz CT molecular complexity index is 224. The van der Waals surface area contributed by atoms with Crippen molar-refractivity contribution in [3.05, 3.63) is 0 Å².